The Morgan fingerprint density at radius 1 is 1.21 bits per heavy atom. The van der Waals surface area contributed by atoms with Gasteiger partial charge in [-0.3, -0.25) is 0 Å². The zero-order valence-electron chi connectivity index (χ0n) is 8.87. The van der Waals surface area contributed by atoms with E-state index in [1.807, 2.05) is 0 Å². The van der Waals surface area contributed by atoms with Gasteiger partial charge in [0.25, 0.3) is 0 Å². The topological polar surface area (TPSA) is 35.2 Å². The Morgan fingerprint density at radius 3 is 2.50 bits per heavy atom. The van der Waals surface area contributed by atoms with Crippen molar-refractivity contribution >= 4 is 0 Å². The third-order valence-corrected chi connectivity index (χ3v) is 4.35. The molecule has 0 aliphatic heterocycles. The SMILES string of the molecule is NCC1(COCC2CC2)CC2CC2C1. The molecule has 2 unspecified atom stereocenters. The van der Waals surface area contributed by atoms with E-state index in [2.05, 4.69) is 0 Å². The number of ether oxygens (including phenoxy) is 1. The van der Waals surface area contributed by atoms with E-state index >= 15 is 0 Å². The second-order valence-corrected chi connectivity index (χ2v) is 5.83. The minimum atomic E-state index is 0.377. The third-order valence-electron chi connectivity index (χ3n) is 4.35. The van der Waals surface area contributed by atoms with Crippen molar-refractivity contribution in [1.29, 1.82) is 0 Å². The molecule has 2 atom stereocenters. The van der Waals surface area contributed by atoms with E-state index in [0.717, 1.165) is 37.5 Å². The van der Waals surface area contributed by atoms with E-state index in [-0.39, 0.29) is 0 Å². The molecule has 0 spiro atoms. The molecule has 14 heavy (non-hydrogen) atoms. The Morgan fingerprint density at radius 2 is 1.93 bits per heavy atom. The summed E-state index contributed by atoms with van der Waals surface area (Å²) >= 11 is 0. The van der Waals surface area contributed by atoms with Gasteiger partial charge in [-0.25, -0.2) is 0 Å². The molecule has 0 heterocycles. The minimum Gasteiger partial charge on any atom is -0.381 e. The van der Waals surface area contributed by atoms with Crippen LogP contribution in [-0.2, 0) is 4.74 Å². The average Bonchev–Trinajstić information content (AvgIpc) is 3.09. The van der Waals surface area contributed by atoms with Gasteiger partial charge in [0.05, 0.1) is 6.61 Å². The Hall–Kier alpha value is -0.0800. The predicted octanol–water partition coefficient (Wildman–Crippen LogP) is 1.79. The van der Waals surface area contributed by atoms with Gasteiger partial charge in [0, 0.05) is 18.6 Å². The summed E-state index contributed by atoms with van der Waals surface area (Å²) in [4.78, 5) is 0. The van der Waals surface area contributed by atoms with Crippen LogP contribution in [0.1, 0.15) is 32.1 Å². The van der Waals surface area contributed by atoms with Crippen molar-refractivity contribution in [1.82, 2.24) is 0 Å². The first kappa shape index (κ1) is 9.17. The Labute approximate surface area is 86.2 Å². The maximum absolute atomic E-state index is 5.90. The highest BCUT2D eigenvalue weighted by atomic mass is 16.5. The maximum atomic E-state index is 5.90. The third kappa shape index (κ3) is 1.70. The van der Waals surface area contributed by atoms with Crippen molar-refractivity contribution < 1.29 is 4.74 Å². The molecule has 0 amide bonds. The molecule has 0 radical (unpaired) electrons. The maximum Gasteiger partial charge on any atom is 0.0534 e. The fourth-order valence-electron chi connectivity index (χ4n) is 3.08. The van der Waals surface area contributed by atoms with Gasteiger partial charge in [0.2, 0.25) is 0 Å². The first-order chi connectivity index (χ1) is 6.81. The van der Waals surface area contributed by atoms with Crippen LogP contribution < -0.4 is 5.73 Å². The van der Waals surface area contributed by atoms with Crippen LogP contribution in [0.25, 0.3) is 0 Å². The van der Waals surface area contributed by atoms with Crippen molar-refractivity contribution in [2.45, 2.75) is 32.1 Å². The first-order valence-electron chi connectivity index (χ1n) is 6.09. The van der Waals surface area contributed by atoms with Crippen molar-refractivity contribution in [2.75, 3.05) is 19.8 Å². The highest BCUT2D eigenvalue weighted by Crippen LogP contribution is 2.59. The molecular formula is C12H21NO. The minimum absolute atomic E-state index is 0.377. The smallest absolute Gasteiger partial charge is 0.0534 e. The lowest BCUT2D eigenvalue weighted by Gasteiger charge is -2.28. The van der Waals surface area contributed by atoms with Gasteiger partial charge < -0.3 is 10.5 Å². The van der Waals surface area contributed by atoms with Gasteiger partial charge in [-0.15, -0.1) is 0 Å². The van der Waals surface area contributed by atoms with E-state index in [9.17, 15) is 0 Å². The highest BCUT2D eigenvalue weighted by molar-refractivity contribution is 5.03. The summed E-state index contributed by atoms with van der Waals surface area (Å²) in [6, 6.07) is 0. The Balaban J connectivity index is 1.47. The normalized spacial score (nSPS) is 45.2. The van der Waals surface area contributed by atoms with Gasteiger partial charge in [-0.2, -0.15) is 0 Å². The van der Waals surface area contributed by atoms with Crippen molar-refractivity contribution in [3.05, 3.63) is 0 Å². The number of hydrogen-bond acceptors (Lipinski definition) is 2. The second kappa shape index (κ2) is 3.21. The van der Waals surface area contributed by atoms with Crippen molar-refractivity contribution in [2.24, 2.45) is 28.9 Å². The molecule has 80 valence electrons. The van der Waals surface area contributed by atoms with Gasteiger partial charge in [-0.1, -0.05) is 0 Å². The van der Waals surface area contributed by atoms with Crippen LogP contribution in [0.5, 0.6) is 0 Å². The molecule has 3 aliphatic carbocycles. The number of hydrogen-bond donors (Lipinski definition) is 1. The molecule has 3 aliphatic rings. The standard InChI is InChI=1S/C12H21NO/c13-7-12(4-10-3-11(10)5-12)8-14-6-9-1-2-9/h9-11H,1-8,13H2. The molecule has 2 nitrogen and oxygen atoms in total. The van der Waals surface area contributed by atoms with Crippen molar-refractivity contribution in [3.63, 3.8) is 0 Å². The molecule has 2 N–H and O–H groups in total. The van der Waals surface area contributed by atoms with Crippen LogP contribution in [0, 0.1) is 23.2 Å². The fraction of sp³-hybridized carbons (Fsp3) is 1.00. The van der Waals surface area contributed by atoms with E-state index in [0.29, 0.717) is 5.41 Å². The summed E-state index contributed by atoms with van der Waals surface area (Å²) in [7, 11) is 0. The van der Waals surface area contributed by atoms with Crippen molar-refractivity contribution in [3.8, 4) is 0 Å². The quantitative estimate of drug-likeness (QED) is 0.726. The molecule has 0 aromatic heterocycles. The number of nitrogens with two attached hydrogens (primary N) is 1. The summed E-state index contributed by atoms with van der Waals surface area (Å²) < 4.78 is 5.82. The summed E-state index contributed by atoms with van der Waals surface area (Å²) in [5.74, 6) is 2.92. The van der Waals surface area contributed by atoms with Crippen LogP contribution in [-0.4, -0.2) is 19.8 Å². The van der Waals surface area contributed by atoms with Gasteiger partial charge in [-0.05, 0) is 49.9 Å². The number of rotatable bonds is 5. The lowest BCUT2D eigenvalue weighted by molar-refractivity contribution is 0.0384. The largest absolute Gasteiger partial charge is 0.381 e. The van der Waals surface area contributed by atoms with E-state index in [1.54, 1.807) is 0 Å². The van der Waals surface area contributed by atoms with Crippen LogP contribution in [0.2, 0.25) is 0 Å². The van der Waals surface area contributed by atoms with Crippen LogP contribution in [0.15, 0.2) is 0 Å². The van der Waals surface area contributed by atoms with Gasteiger partial charge in [0.1, 0.15) is 0 Å². The predicted molar refractivity (Wildman–Crippen MR) is 55.9 cm³/mol. The molecule has 3 fully saturated rings. The molecular weight excluding hydrogens is 174 g/mol. The van der Waals surface area contributed by atoms with Crippen LogP contribution in [0.4, 0.5) is 0 Å². The van der Waals surface area contributed by atoms with E-state index < -0.39 is 0 Å². The highest BCUT2D eigenvalue weighted by Gasteiger charge is 2.53. The fourth-order valence-corrected chi connectivity index (χ4v) is 3.08. The lowest BCUT2D eigenvalue weighted by atomic mass is 9.84. The molecule has 0 aromatic carbocycles. The second-order valence-electron chi connectivity index (χ2n) is 5.83. The average molecular weight is 195 g/mol. The summed E-state index contributed by atoms with van der Waals surface area (Å²) in [5, 5.41) is 0. The molecule has 3 saturated carbocycles. The molecule has 0 bridgehead atoms. The summed E-state index contributed by atoms with van der Waals surface area (Å²) in [6.07, 6.45) is 6.95. The lowest BCUT2D eigenvalue weighted by Crippen LogP contribution is -2.34. The van der Waals surface area contributed by atoms with Gasteiger partial charge >= 0.3 is 0 Å². The Bertz CT molecular complexity index is 214. The Kier molecular flexibility index (Phi) is 2.10. The monoisotopic (exact) mass is 195 g/mol. The van der Waals surface area contributed by atoms with Gasteiger partial charge in [0.15, 0.2) is 0 Å². The summed E-state index contributed by atoms with van der Waals surface area (Å²) in [5.41, 5.74) is 6.28. The van der Waals surface area contributed by atoms with Crippen LogP contribution in [0.3, 0.4) is 0 Å². The van der Waals surface area contributed by atoms with E-state index in [4.69, 9.17) is 10.5 Å². The van der Waals surface area contributed by atoms with Crippen LogP contribution >= 0.6 is 0 Å². The molecule has 3 rings (SSSR count). The zero-order valence-corrected chi connectivity index (χ0v) is 8.87. The number of fused-ring (bicyclic) bond motifs is 1. The molecule has 2 heteroatoms. The zero-order chi connectivity index (χ0) is 9.60. The van der Waals surface area contributed by atoms with E-state index in [1.165, 1.54) is 32.1 Å². The molecule has 0 aromatic rings. The summed E-state index contributed by atoms with van der Waals surface area (Å²) in [6.45, 7) is 2.77. The first-order valence-corrected chi connectivity index (χ1v) is 6.09. The molecule has 0 saturated heterocycles.